The number of carbonyl (C=O) groups excluding carboxylic acids is 1. The highest BCUT2D eigenvalue weighted by molar-refractivity contribution is 5.80. The minimum atomic E-state index is -0.264. The molecule has 6 heteroatoms. The van der Waals surface area contributed by atoms with Crippen molar-refractivity contribution in [2.45, 2.75) is 70.9 Å². The molecule has 0 spiro atoms. The Bertz CT molecular complexity index is 1050. The molecule has 1 aliphatic heterocycles. The number of fused-ring (bicyclic) bond motifs is 1. The van der Waals surface area contributed by atoms with Crippen LogP contribution < -0.4 is 10.1 Å². The van der Waals surface area contributed by atoms with Gasteiger partial charge in [0.2, 0.25) is 5.91 Å². The summed E-state index contributed by atoms with van der Waals surface area (Å²) in [7, 11) is 0. The van der Waals surface area contributed by atoms with Gasteiger partial charge in [0, 0.05) is 26.1 Å². The normalized spacial score (nSPS) is 15.8. The number of nitrogens with one attached hydrogen (secondary N) is 1. The topological polar surface area (TPSA) is 65.4 Å². The summed E-state index contributed by atoms with van der Waals surface area (Å²) in [5.41, 5.74) is 3.53. The molecule has 2 aromatic carbocycles. The van der Waals surface area contributed by atoms with Gasteiger partial charge in [0.05, 0.1) is 17.6 Å². The van der Waals surface area contributed by atoms with E-state index >= 15 is 0 Å². The molecule has 1 atom stereocenters. The van der Waals surface area contributed by atoms with Gasteiger partial charge in [-0.3, -0.25) is 4.79 Å². The number of aryl methyl sites for hydroxylation is 2. The lowest BCUT2D eigenvalue weighted by atomic mass is 10.0. The van der Waals surface area contributed by atoms with Gasteiger partial charge in [0.25, 0.3) is 0 Å². The molecular weight excluding hydrogens is 426 g/mol. The number of unbranched alkanes of at least 4 members (excludes halogenated alkanes) is 1. The van der Waals surface area contributed by atoms with E-state index in [9.17, 15) is 4.79 Å². The minimum Gasteiger partial charge on any atom is -0.494 e. The van der Waals surface area contributed by atoms with Crippen LogP contribution in [0.5, 0.6) is 5.75 Å². The lowest BCUT2D eigenvalue weighted by Gasteiger charge is -2.12. The second-order valence-corrected chi connectivity index (χ2v) is 9.34. The van der Waals surface area contributed by atoms with E-state index in [4.69, 9.17) is 14.5 Å². The minimum absolute atomic E-state index is 0.0184. The van der Waals surface area contributed by atoms with Crippen molar-refractivity contribution >= 4 is 16.9 Å². The van der Waals surface area contributed by atoms with Crippen LogP contribution in [0.1, 0.15) is 63.3 Å². The zero-order valence-corrected chi connectivity index (χ0v) is 20.5. The van der Waals surface area contributed by atoms with Gasteiger partial charge in [0.15, 0.2) is 0 Å². The number of carbonyl (C=O) groups is 1. The van der Waals surface area contributed by atoms with Crippen LogP contribution in [0.25, 0.3) is 11.0 Å². The molecule has 2 heterocycles. The van der Waals surface area contributed by atoms with Crippen LogP contribution in [-0.2, 0) is 22.5 Å². The van der Waals surface area contributed by atoms with Crippen molar-refractivity contribution in [2.24, 2.45) is 0 Å². The molecule has 1 saturated heterocycles. The van der Waals surface area contributed by atoms with Crippen LogP contribution in [0.3, 0.4) is 0 Å². The number of rotatable bonds is 12. The van der Waals surface area contributed by atoms with Gasteiger partial charge >= 0.3 is 0 Å². The van der Waals surface area contributed by atoms with Gasteiger partial charge in [-0.25, -0.2) is 4.98 Å². The molecule has 0 saturated carbocycles. The summed E-state index contributed by atoms with van der Waals surface area (Å²) in [6, 6.07) is 16.7. The van der Waals surface area contributed by atoms with Gasteiger partial charge in [-0.15, -0.1) is 0 Å². The van der Waals surface area contributed by atoms with Crippen molar-refractivity contribution in [3.05, 3.63) is 59.9 Å². The van der Waals surface area contributed by atoms with E-state index in [0.29, 0.717) is 25.7 Å². The molecule has 1 fully saturated rings. The van der Waals surface area contributed by atoms with Crippen LogP contribution in [0.2, 0.25) is 0 Å². The third-order valence-electron chi connectivity index (χ3n) is 6.42. The molecule has 6 nitrogen and oxygen atoms in total. The molecule has 1 amide bonds. The van der Waals surface area contributed by atoms with Crippen LogP contribution in [0.4, 0.5) is 0 Å². The van der Waals surface area contributed by atoms with E-state index in [2.05, 4.69) is 66.2 Å². The van der Waals surface area contributed by atoms with E-state index in [1.165, 1.54) is 11.1 Å². The van der Waals surface area contributed by atoms with Gasteiger partial charge in [-0.05, 0) is 67.9 Å². The van der Waals surface area contributed by atoms with E-state index in [1.807, 2.05) is 6.07 Å². The zero-order valence-electron chi connectivity index (χ0n) is 20.5. The van der Waals surface area contributed by atoms with Gasteiger partial charge in [-0.2, -0.15) is 0 Å². The molecule has 1 unspecified atom stereocenters. The van der Waals surface area contributed by atoms with E-state index in [0.717, 1.165) is 62.2 Å². The Morgan fingerprint density at radius 1 is 1.15 bits per heavy atom. The van der Waals surface area contributed by atoms with Crippen LogP contribution in [0, 0.1) is 0 Å². The number of hydrogen-bond donors (Lipinski definition) is 1. The number of benzene rings is 2. The molecule has 182 valence electrons. The smallest absolute Gasteiger partial charge is 0.249 e. The summed E-state index contributed by atoms with van der Waals surface area (Å²) in [5, 5.41) is 3.02. The third-order valence-corrected chi connectivity index (χ3v) is 6.42. The first kappa shape index (κ1) is 24.3. The average Bonchev–Trinajstić information content (AvgIpc) is 3.50. The molecule has 34 heavy (non-hydrogen) atoms. The van der Waals surface area contributed by atoms with Crippen molar-refractivity contribution in [2.75, 3.05) is 19.8 Å². The Balaban J connectivity index is 1.25. The second-order valence-electron chi connectivity index (χ2n) is 9.34. The van der Waals surface area contributed by atoms with Gasteiger partial charge in [-0.1, -0.05) is 38.1 Å². The number of ether oxygens (including phenoxy) is 2. The van der Waals surface area contributed by atoms with E-state index in [1.54, 1.807) is 0 Å². The maximum Gasteiger partial charge on any atom is 0.249 e. The second kappa shape index (κ2) is 12.0. The molecular formula is C28H37N3O3. The highest BCUT2D eigenvalue weighted by Crippen LogP contribution is 2.20. The third kappa shape index (κ3) is 6.38. The fourth-order valence-electron chi connectivity index (χ4n) is 4.43. The average molecular weight is 464 g/mol. The fraction of sp³-hybridized carbons (Fsp3) is 0.500. The standard InChI is InChI=1S/C28H37N3O3/c1-21(2)22-13-15-23(16-14-22)33-19-6-5-18-31-25-10-4-3-9-24(25)30-27(31)12-7-17-29-28(32)26-11-8-20-34-26/h3-4,9-10,13-16,21,26H,5-8,11-12,17-20H2,1-2H3,(H,29,32). The predicted molar refractivity (Wildman–Crippen MR) is 135 cm³/mol. The summed E-state index contributed by atoms with van der Waals surface area (Å²) >= 11 is 0. The monoisotopic (exact) mass is 463 g/mol. The summed E-state index contributed by atoms with van der Waals surface area (Å²) < 4.78 is 13.7. The first-order chi connectivity index (χ1) is 16.6. The Hall–Kier alpha value is -2.86. The van der Waals surface area contributed by atoms with Crippen molar-refractivity contribution < 1.29 is 14.3 Å². The number of para-hydroxylation sites is 2. The molecule has 0 radical (unpaired) electrons. The maximum atomic E-state index is 12.1. The first-order valence-electron chi connectivity index (χ1n) is 12.7. The SMILES string of the molecule is CC(C)c1ccc(OCCCCn2c(CCCNC(=O)C3CCCO3)nc3ccccc32)cc1. The van der Waals surface area contributed by atoms with Gasteiger partial charge < -0.3 is 19.4 Å². The van der Waals surface area contributed by atoms with Crippen LogP contribution in [-0.4, -0.2) is 41.3 Å². The fourth-order valence-corrected chi connectivity index (χ4v) is 4.43. The lowest BCUT2D eigenvalue weighted by Crippen LogP contribution is -2.34. The molecule has 0 bridgehead atoms. The van der Waals surface area contributed by atoms with E-state index < -0.39 is 0 Å². The first-order valence-corrected chi connectivity index (χ1v) is 12.7. The largest absolute Gasteiger partial charge is 0.494 e. The Labute approximate surface area is 202 Å². The quantitative estimate of drug-likeness (QED) is 0.373. The van der Waals surface area contributed by atoms with Gasteiger partial charge in [0.1, 0.15) is 17.7 Å². The Morgan fingerprint density at radius 2 is 1.97 bits per heavy atom. The maximum absolute atomic E-state index is 12.1. The summed E-state index contributed by atoms with van der Waals surface area (Å²) in [5.74, 6) is 2.57. The molecule has 4 rings (SSSR count). The summed E-state index contributed by atoms with van der Waals surface area (Å²) in [6.45, 7) is 7.35. The Kier molecular flexibility index (Phi) is 8.58. The predicted octanol–water partition coefficient (Wildman–Crippen LogP) is 5.25. The summed E-state index contributed by atoms with van der Waals surface area (Å²) in [4.78, 5) is 17.0. The van der Waals surface area contributed by atoms with Crippen molar-refractivity contribution in [3.63, 3.8) is 0 Å². The highest BCUT2D eigenvalue weighted by Gasteiger charge is 2.22. The molecule has 1 N–H and O–H groups in total. The van der Waals surface area contributed by atoms with Crippen molar-refractivity contribution in [1.29, 1.82) is 0 Å². The van der Waals surface area contributed by atoms with Crippen LogP contribution >= 0.6 is 0 Å². The summed E-state index contributed by atoms with van der Waals surface area (Å²) in [6.07, 6.45) is 5.23. The molecule has 0 aliphatic carbocycles. The van der Waals surface area contributed by atoms with Crippen molar-refractivity contribution in [3.8, 4) is 5.75 Å². The number of hydrogen-bond acceptors (Lipinski definition) is 4. The number of amides is 1. The Morgan fingerprint density at radius 3 is 2.74 bits per heavy atom. The molecule has 1 aromatic heterocycles. The molecule has 1 aliphatic rings. The number of nitrogens with zero attached hydrogens (tertiary/aromatic N) is 2. The zero-order chi connectivity index (χ0) is 23.8. The van der Waals surface area contributed by atoms with Crippen molar-refractivity contribution in [1.82, 2.24) is 14.9 Å². The number of aromatic nitrogens is 2. The number of imidazole rings is 1. The highest BCUT2D eigenvalue weighted by atomic mass is 16.5. The van der Waals surface area contributed by atoms with E-state index in [-0.39, 0.29) is 12.0 Å². The molecule has 3 aromatic rings. The lowest BCUT2D eigenvalue weighted by molar-refractivity contribution is -0.130. The van der Waals surface area contributed by atoms with Crippen LogP contribution in [0.15, 0.2) is 48.5 Å².